The normalized spacial score (nSPS) is 17.0. The SMILES string of the molecule is CC(=O)Oc1cccc(C2/C(=C(/O)c3ccccc3)C(=O)C(=O)N2c2ccc(C#N)cc2)c1. The Kier molecular flexibility index (Phi) is 5.75. The molecule has 1 amide bonds. The average molecular weight is 438 g/mol. The number of ketones is 1. The number of aliphatic hydroxyl groups is 1. The Morgan fingerprint density at radius 1 is 1.00 bits per heavy atom. The number of ether oxygens (including phenoxy) is 1. The first-order chi connectivity index (χ1) is 15.9. The summed E-state index contributed by atoms with van der Waals surface area (Å²) in [5.41, 5.74) is 1.54. The molecule has 1 fully saturated rings. The Morgan fingerprint density at radius 3 is 2.33 bits per heavy atom. The standard InChI is InChI=1S/C26H18N2O5/c1-16(29)33-21-9-5-8-19(14-21)23-22(24(30)18-6-3-2-4-7-18)25(31)26(32)28(23)20-12-10-17(15-27)11-13-20/h2-14,23,30H,1H3/b24-22-. The minimum atomic E-state index is -0.978. The van der Waals surface area contributed by atoms with E-state index >= 15 is 0 Å². The van der Waals surface area contributed by atoms with E-state index in [0.717, 1.165) is 0 Å². The van der Waals surface area contributed by atoms with Crippen LogP contribution in [0.15, 0.2) is 84.4 Å². The molecule has 0 saturated carbocycles. The fourth-order valence-corrected chi connectivity index (χ4v) is 3.78. The smallest absolute Gasteiger partial charge is 0.308 e. The Bertz CT molecular complexity index is 1320. The van der Waals surface area contributed by atoms with Crippen LogP contribution in [0.3, 0.4) is 0 Å². The largest absolute Gasteiger partial charge is 0.507 e. The molecule has 0 aliphatic carbocycles. The summed E-state index contributed by atoms with van der Waals surface area (Å²) in [6, 6.07) is 22.1. The lowest BCUT2D eigenvalue weighted by Crippen LogP contribution is -2.29. The first kappa shape index (κ1) is 21.5. The van der Waals surface area contributed by atoms with E-state index < -0.39 is 23.7 Å². The summed E-state index contributed by atoms with van der Waals surface area (Å²) < 4.78 is 5.18. The minimum Gasteiger partial charge on any atom is -0.507 e. The van der Waals surface area contributed by atoms with Gasteiger partial charge in [0.25, 0.3) is 11.7 Å². The number of hydrogen-bond acceptors (Lipinski definition) is 6. The zero-order valence-corrected chi connectivity index (χ0v) is 17.6. The van der Waals surface area contributed by atoms with Gasteiger partial charge in [-0.05, 0) is 42.0 Å². The van der Waals surface area contributed by atoms with Crippen molar-refractivity contribution in [1.29, 1.82) is 5.26 Å². The van der Waals surface area contributed by atoms with Gasteiger partial charge >= 0.3 is 5.97 Å². The van der Waals surface area contributed by atoms with E-state index in [0.29, 0.717) is 22.4 Å². The third-order valence-electron chi connectivity index (χ3n) is 5.20. The Hall–Kier alpha value is -4.70. The molecule has 4 rings (SSSR count). The van der Waals surface area contributed by atoms with Crippen molar-refractivity contribution in [3.8, 4) is 11.8 Å². The highest BCUT2D eigenvalue weighted by Gasteiger charge is 2.47. The molecule has 0 spiro atoms. The van der Waals surface area contributed by atoms with Crippen LogP contribution in [0, 0.1) is 11.3 Å². The van der Waals surface area contributed by atoms with Crippen molar-refractivity contribution in [2.75, 3.05) is 4.90 Å². The van der Waals surface area contributed by atoms with E-state index in [1.165, 1.54) is 24.0 Å². The first-order valence-corrected chi connectivity index (χ1v) is 10.1. The molecule has 3 aromatic rings. The number of benzene rings is 3. The maximum absolute atomic E-state index is 13.1. The number of amides is 1. The maximum Gasteiger partial charge on any atom is 0.308 e. The van der Waals surface area contributed by atoms with Gasteiger partial charge in [0.1, 0.15) is 11.5 Å². The van der Waals surface area contributed by atoms with Crippen LogP contribution in [0.25, 0.3) is 5.76 Å². The lowest BCUT2D eigenvalue weighted by atomic mass is 9.95. The van der Waals surface area contributed by atoms with E-state index in [1.54, 1.807) is 66.7 Å². The predicted molar refractivity (Wildman–Crippen MR) is 120 cm³/mol. The number of aliphatic hydroxyl groups excluding tert-OH is 1. The highest BCUT2D eigenvalue weighted by atomic mass is 16.5. The molecule has 33 heavy (non-hydrogen) atoms. The Balaban J connectivity index is 1.93. The lowest BCUT2D eigenvalue weighted by molar-refractivity contribution is -0.132. The van der Waals surface area contributed by atoms with Gasteiger partial charge in [-0.2, -0.15) is 5.26 Å². The molecule has 162 valence electrons. The molecule has 1 aliphatic rings. The molecule has 1 heterocycles. The second kappa shape index (κ2) is 8.81. The molecule has 0 aromatic heterocycles. The highest BCUT2D eigenvalue weighted by Crippen LogP contribution is 2.42. The minimum absolute atomic E-state index is 0.0875. The zero-order valence-electron chi connectivity index (χ0n) is 17.6. The number of anilines is 1. The van der Waals surface area contributed by atoms with Crippen molar-refractivity contribution < 1.29 is 24.2 Å². The topological polar surface area (TPSA) is 108 Å². The van der Waals surface area contributed by atoms with E-state index in [9.17, 15) is 19.5 Å². The predicted octanol–water partition coefficient (Wildman–Crippen LogP) is 4.11. The number of nitriles is 1. The number of esters is 1. The van der Waals surface area contributed by atoms with Crippen molar-refractivity contribution >= 4 is 29.1 Å². The van der Waals surface area contributed by atoms with Crippen molar-refractivity contribution in [1.82, 2.24) is 0 Å². The maximum atomic E-state index is 13.1. The molecule has 3 aromatic carbocycles. The number of hydrogen-bond donors (Lipinski definition) is 1. The number of nitrogens with zero attached hydrogens (tertiary/aromatic N) is 2. The summed E-state index contributed by atoms with van der Waals surface area (Å²) in [7, 11) is 0. The number of Topliss-reactive ketones (excluding diaryl/α,β-unsaturated/α-hetero) is 1. The van der Waals surface area contributed by atoms with Crippen molar-refractivity contribution in [2.45, 2.75) is 13.0 Å². The molecule has 1 saturated heterocycles. The van der Waals surface area contributed by atoms with Gasteiger partial charge in [-0.1, -0.05) is 42.5 Å². The quantitative estimate of drug-likeness (QED) is 0.216. The van der Waals surface area contributed by atoms with Crippen LogP contribution in [-0.2, 0) is 14.4 Å². The third kappa shape index (κ3) is 4.10. The molecule has 7 heteroatoms. The van der Waals surface area contributed by atoms with E-state index in [4.69, 9.17) is 10.00 Å². The van der Waals surface area contributed by atoms with Crippen LogP contribution < -0.4 is 9.64 Å². The molecule has 1 unspecified atom stereocenters. The monoisotopic (exact) mass is 438 g/mol. The Labute approximate surface area is 189 Å². The molecule has 1 aliphatic heterocycles. The van der Waals surface area contributed by atoms with Gasteiger partial charge in [-0.25, -0.2) is 0 Å². The summed E-state index contributed by atoms with van der Waals surface area (Å²) in [5, 5.41) is 20.1. The van der Waals surface area contributed by atoms with Gasteiger partial charge in [0.2, 0.25) is 0 Å². The summed E-state index contributed by atoms with van der Waals surface area (Å²) in [4.78, 5) is 39.0. The number of carbonyl (C=O) groups is 3. The summed E-state index contributed by atoms with van der Waals surface area (Å²) >= 11 is 0. The Morgan fingerprint density at radius 2 is 1.70 bits per heavy atom. The fraction of sp³-hybridized carbons (Fsp3) is 0.0769. The first-order valence-electron chi connectivity index (χ1n) is 10.1. The molecule has 0 bridgehead atoms. The van der Waals surface area contributed by atoms with Crippen LogP contribution in [0.2, 0.25) is 0 Å². The number of carbonyl (C=O) groups excluding carboxylic acids is 3. The second-order valence-electron chi connectivity index (χ2n) is 7.36. The summed E-state index contributed by atoms with van der Waals surface area (Å²) in [6.07, 6.45) is 0. The van der Waals surface area contributed by atoms with Gasteiger partial charge in [-0.15, -0.1) is 0 Å². The van der Waals surface area contributed by atoms with Crippen molar-refractivity contribution in [3.63, 3.8) is 0 Å². The third-order valence-corrected chi connectivity index (χ3v) is 5.20. The van der Waals surface area contributed by atoms with E-state index in [-0.39, 0.29) is 17.1 Å². The molecular weight excluding hydrogens is 420 g/mol. The molecule has 1 atom stereocenters. The highest BCUT2D eigenvalue weighted by molar-refractivity contribution is 6.51. The van der Waals surface area contributed by atoms with Gasteiger partial charge in [0, 0.05) is 18.2 Å². The van der Waals surface area contributed by atoms with E-state index in [2.05, 4.69) is 0 Å². The van der Waals surface area contributed by atoms with Gasteiger partial charge in [-0.3, -0.25) is 19.3 Å². The molecule has 0 radical (unpaired) electrons. The van der Waals surface area contributed by atoms with Gasteiger partial charge < -0.3 is 9.84 Å². The average Bonchev–Trinajstić information content (AvgIpc) is 3.09. The molecule has 7 nitrogen and oxygen atoms in total. The van der Waals surface area contributed by atoms with Crippen molar-refractivity contribution in [3.05, 3.63) is 101 Å². The van der Waals surface area contributed by atoms with Crippen LogP contribution in [0.5, 0.6) is 5.75 Å². The van der Waals surface area contributed by atoms with Crippen molar-refractivity contribution in [2.24, 2.45) is 0 Å². The van der Waals surface area contributed by atoms with Crippen LogP contribution in [0.1, 0.15) is 29.7 Å². The van der Waals surface area contributed by atoms with Crippen LogP contribution in [-0.4, -0.2) is 22.8 Å². The fourth-order valence-electron chi connectivity index (χ4n) is 3.78. The summed E-state index contributed by atoms with van der Waals surface area (Å²) in [5.74, 6) is -2.25. The summed E-state index contributed by atoms with van der Waals surface area (Å²) in [6.45, 7) is 1.27. The number of rotatable bonds is 4. The molecular formula is C26H18N2O5. The van der Waals surface area contributed by atoms with Gasteiger partial charge in [0.05, 0.1) is 23.2 Å². The second-order valence-corrected chi connectivity index (χ2v) is 7.36. The molecule has 1 N–H and O–H groups in total. The lowest BCUT2D eigenvalue weighted by Gasteiger charge is -2.25. The zero-order chi connectivity index (χ0) is 23.5. The van der Waals surface area contributed by atoms with E-state index in [1.807, 2.05) is 6.07 Å². The van der Waals surface area contributed by atoms with Crippen LogP contribution in [0.4, 0.5) is 5.69 Å². The van der Waals surface area contributed by atoms with Gasteiger partial charge in [0.15, 0.2) is 0 Å². The van der Waals surface area contributed by atoms with Crippen LogP contribution >= 0.6 is 0 Å².